The van der Waals surface area contributed by atoms with Crippen LogP contribution in [0.15, 0.2) is 42.5 Å². The van der Waals surface area contributed by atoms with Crippen LogP contribution in [0.1, 0.15) is 36.7 Å². The fourth-order valence-corrected chi connectivity index (χ4v) is 4.39. The molecular formula is C24H23Cl2NO2. The maximum Gasteiger partial charge on any atom is 0.133 e. The number of aryl methyl sites for hydroxylation is 2. The zero-order valence-corrected chi connectivity index (χ0v) is 18.1. The van der Waals surface area contributed by atoms with E-state index in [-0.39, 0.29) is 0 Å². The SMILES string of the molecule is CCOc1c2c(nc(C)c1-c1ccc(Oc3cc(Cl)cc(Cl)c3)cc1)CCCC2. The maximum absolute atomic E-state index is 6.12. The third kappa shape index (κ3) is 4.36. The summed E-state index contributed by atoms with van der Waals surface area (Å²) in [7, 11) is 0. The lowest BCUT2D eigenvalue weighted by atomic mass is 9.91. The molecule has 0 aliphatic heterocycles. The van der Waals surface area contributed by atoms with Gasteiger partial charge in [-0.05, 0) is 75.4 Å². The summed E-state index contributed by atoms with van der Waals surface area (Å²) in [5.41, 5.74) is 5.61. The van der Waals surface area contributed by atoms with Gasteiger partial charge in [-0.15, -0.1) is 0 Å². The highest BCUT2D eigenvalue weighted by atomic mass is 35.5. The summed E-state index contributed by atoms with van der Waals surface area (Å²) in [6.45, 7) is 4.73. The van der Waals surface area contributed by atoms with Gasteiger partial charge < -0.3 is 9.47 Å². The highest BCUT2D eigenvalue weighted by Gasteiger charge is 2.22. The van der Waals surface area contributed by atoms with Gasteiger partial charge in [0.05, 0.1) is 6.61 Å². The molecule has 0 fully saturated rings. The highest BCUT2D eigenvalue weighted by molar-refractivity contribution is 6.34. The number of aromatic nitrogens is 1. The lowest BCUT2D eigenvalue weighted by Crippen LogP contribution is -2.11. The zero-order valence-electron chi connectivity index (χ0n) is 16.6. The van der Waals surface area contributed by atoms with Crippen LogP contribution in [0.4, 0.5) is 0 Å². The second kappa shape index (κ2) is 8.64. The van der Waals surface area contributed by atoms with Crippen molar-refractivity contribution in [1.82, 2.24) is 4.98 Å². The number of ether oxygens (including phenoxy) is 2. The van der Waals surface area contributed by atoms with E-state index in [4.69, 9.17) is 37.7 Å². The first-order chi connectivity index (χ1) is 14.0. The maximum atomic E-state index is 6.12. The van der Waals surface area contributed by atoms with Crippen molar-refractivity contribution in [2.75, 3.05) is 6.61 Å². The Morgan fingerprint density at radius 3 is 2.31 bits per heavy atom. The summed E-state index contributed by atoms with van der Waals surface area (Å²) >= 11 is 12.1. The Labute approximate surface area is 181 Å². The number of nitrogens with zero attached hydrogens (tertiary/aromatic N) is 1. The minimum Gasteiger partial charge on any atom is -0.493 e. The fourth-order valence-electron chi connectivity index (χ4n) is 3.89. The van der Waals surface area contributed by atoms with Gasteiger partial charge in [0.2, 0.25) is 0 Å². The van der Waals surface area contributed by atoms with Crippen molar-refractivity contribution < 1.29 is 9.47 Å². The van der Waals surface area contributed by atoms with Crippen LogP contribution >= 0.6 is 23.2 Å². The van der Waals surface area contributed by atoms with E-state index >= 15 is 0 Å². The van der Waals surface area contributed by atoms with Crippen LogP contribution in [0.25, 0.3) is 11.1 Å². The molecule has 1 aliphatic carbocycles. The monoisotopic (exact) mass is 427 g/mol. The third-order valence-electron chi connectivity index (χ3n) is 5.11. The largest absolute Gasteiger partial charge is 0.493 e. The molecule has 150 valence electrons. The molecule has 0 bridgehead atoms. The van der Waals surface area contributed by atoms with Crippen LogP contribution in [-0.2, 0) is 12.8 Å². The Kier molecular flexibility index (Phi) is 5.98. The molecule has 0 radical (unpaired) electrons. The number of pyridine rings is 1. The molecule has 0 spiro atoms. The molecule has 5 heteroatoms. The van der Waals surface area contributed by atoms with Gasteiger partial charge in [0.25, 0.3) is 0 Å². The number of halogens is 2. The summed E-state index contributed by atoms with van der Waals surface area (Å²) in [6.07, 6.45) is 4.45. The van der Waals surface area contributed by atoms with E-state index in [1.807, 2.05) is 31.2 Å². The fraction of sp³-hybridized carbons (Fsp3) is 0.292. The standard InChI is InChI=1S/C24H23Cl2NO2/c1-3-28-24-21-6-4-5-7-22(21)27-15(2)23(24)16-8-10-19(11-9-16)29-20-13-17(25)12-18(26)14-20/h8-14H,3-7H2,1-2H3. The van der Waals surface area contributed by atoms with Crippen LogP contribution in [-0.4, -0.2) is 11.6 Å². The van der Waals surface area contributed by atoms with Crippen molar-refractivity contribution in [2.24, 2.45) is 0 Å². The Morgan fingerprint density at radius 2 is 1.62 bits per heavy atom. The summed E-state index contributed by atoms with van der Waals surface area (Å²) in [5, 5.41) is 1.09. The van der Waals surface area contributed by atoms with Crippen LogP contribution in [0.2, 0.25) is 10.0 Å². The van der Waals surface area contributed by atoms with Crippen molar-refractivity contribution in [3.63, 3.8) is 0 Å². The minimum atomic E-state index is 0.543. The topological polar surface area (TPSA) is 31.4 Å². The van der Waals surface area contributed by atoms with E-state index in [2.05, 4.69) is 6.92 Å². The second-order valence-electron chi connectivity index (χ2n) is 7.20. The first kappa shape index (κ1) is 20.1. The molecule has 3 aromatic rings. The van der Waals surface area contributed by atoms with Crippen LogP contribution in [0.3, 0.4) is 0 Å². The van der Waals surface area contributed by atoms with E-state index in [0.717, 1.165) is 35.4 Å². The lowest BCUT2D eigenvalue weighted by molar-refractivity contribution is 0.335. The molecule has 29 heavy (non-hydrogen) atoms. The summed E-state index contributed by atoms with van der Waals surface area (Å²) in [4.78, 5) is 4.90. The van der Waals surface area contributed by atoms with Gasteiger partial charge >= 0.3 is 0 Å². The van der Waals surface area contributed by atoms with Crippen LogP contribution in [0.5, 0.6) is 17.2 Å². The average Bonchev–Trinajstić information content (AvgIpc) is 2.68. The van der Waals surface area contributed by atoms with E-state index in [0.29, 0.717) is 28.2 Å². The summed E-state index contributed by atoms with van der Waals surface area (Å²) in [5.74, 6) is 2.32. The van der Waals surface area contributed by atoms with Crippen LogP contribution < -0.4 is 9.47 Å². The summed E-state index contributed by atoms with van der Waals surface area (Å²) in [6, 6.07) is 13.1. The first-order valence-corrected chi connectivity index (χ1v) is 10.7. The van der Waals surface area contributed by atoms with Gasteiger partial charge in [-0.2, -0.15) is 0 Å². The Hall–Kier alpha value is -2.23. The molecule has 0 atom stereocenters. The van der Waals surface area contributed by atoms with Gasteiger partial charge in [-0.1, -0.05) is 35.3 Å². The number of benzene rings is 2. The van der Waals surface area contributed by atoms with Crippen molar-refractivity contribution in [1.29, 1.82) is 0 Å². The Bertz CT molecular complexity index is 1010. The Balaban J connectivity index is 1.68. The molecule has 1 aromatic heterocycles. The number of hydrogen-bond donors (Lipinski definition) is 0. The van der Waals surface area contributed by atoms with Gasteiger partial charge in [-0.25, -0.2) is 0 Å². The second-order valence-corrected chi connectivity index (χ2v) is 8.07. The van der Waals surface area contributed by atoms with E-state index in [9.17, 15) is 0 Å². The molecule has 0 unspecified atom stereocenters. The van der Waals surface area contributed by atoms with Crippen molar-refractivity contribution >= 4 is 23.2 Å². The molecule has 0 saturated carbocycles. The molecule has 0 amide bonds. The Morgan fingerprint density at radius 1 is 0.931 bits per heavy atom. The predicted molar refractivity (Wildman–Crippen MR) is 119 cm³/mol. The van der Waals surface area contributed by atoms with Gasteiger partial charge in [0.1, 0.15) is 17.2 Å². The van der Waals surface area contributed by atoms with Crippen molar-refractivity contribution in [2.45, 2.75) is 39.5 Å². The smallest absolute Gasteiger partial charge is 0.133 e. The van der Waals surface area contributed by atoms with Crippen molar-refractivity contribution in [3.05, 3.63) is 69.5 Å². The molecule has 1 aliphatic rings. The van der Waals surface area contributed by atoms with E-state index in [1.54, 1.807) is 18.2 Å². The normalized spacial score (nSPS) is 13.1. The quantitative estimate of drug-likeness (QED) is 0.423. The van der Waals surface area contributed by atoms with Gasteiger partial charge in [0.15, 0.2) is 0 Å². The first-order valence-electron chi connectivity index (χ1n) is 9.94. The molecule has 0 saturated heterocycles. The molecule has 4 rings (SSSR count). The highest BCUT2D eigenvalue weighted by Crippen LogP contribution is 2.40. The number of hydrogen-bond acceptors (Lipinski definition) is 3. The molecular weight excluding hydrogens is 405 g/mol. The predicted octanol–water partition coefficient (Wildman–Crippen LogP) is 7.43. The zero-order chi connectivity index (χ0) is 20.4. The molecule has 1 heterocycles. The van der Waals surface area contributed by atoms with E-state index in [1.165, 1.54) is 24.1 Å². The van der Waals surface area contributed by atoms with Gasteiger partial charge in [0, 0.05) is 32.6 Å². The van der Waals surface area contributed by atoms with E-state index < -0.39 is 0 Å². The molecule has 3 nitrogen and oxygen atoms in total. The summed E-state index contributed by atoms with van der Waals surface area (Å²) < 4.78 is 12.0. The third-order valence-corrected chi connectivity index (χ3v) is 5.54. The number of rotatable bonds is 5. The average molecular weight is 428 g/mol. The van der Waals surface area contributed by atoms with Gasteiger partial charge in [-0.3, -0.25) is 4.98 Å². The van der Waals surface area contributed by atoms with Crippen LogP contribution in [0, 0.1) is 6.92 Å². The lowest BCUT2D eigenvalue weighted by Gasteiger charge is -2.23. The molecule has 0 N–H and O–H groups in total. The van der Waals surface area contributed by atoms with Crippen molar-refractivity contribution in [3.8, 4) is 28.4 Å². The number of fused-ring (bicyclic) bond motifs is 1. The minimum absolute atomic E-state index is 0.543. The molecule has 2 aromatic carbocycles.